The molecule has 6 nitrogen and oxygen atoms in total. The fourth-order valence-corrected chi connectivity index (χ4v) is 1.86. The lowest BCUT2D eigenvalue weighted by Gasteiger charge is -2.23. The molecule has 1 aromatic rings. The van der Waals surface area contributed by atoms with Crippen LogP contribution in [0.25, 0.3) is 0 Å². The lowest BCUT2D eigenvalue weighted by molar-refractivity contribution is -0.384. The second kappa shape index (κ2) is 6.16. The first-order valence-corrected chi connectivity index (χ1v) is 5.94. The topological polar surface area (TPSA) is 87.2 Å². The van der Waals surface area contributed by atoms with E-state index in [1.807, 2.05) is 6.07 Å². The standard InChI is InChI=1S/C12H12ClN3O3/c1-3-15(8(2)7-14)12(17)10-5-4-9(16(18)19)6-11(10)13/h4-6,8H,3H2,1-2H3. The number of nitro groups is 1. The molecular weight excluding hydrogens is 270 g/mol. The predicted octanol–water partition coefficient (Wildman–Crippen LogP) is 2.62. The molecule has 19 heavy (non-hydrogen) atoms. The Labute approximate surface area is 115 Å². The molecule has 0 saturated carbocycles. The van der Waals surface area contributed by atoms with Crippen LogP contribution in [-0.2, 0) is 0 Å². The average Bonchev–Trinajstić information content (AvgIpc) is 2.38. The maximum absolute atomic E-state index is 12.2. The highest BCUT2D eigenvalue weighted by atomic mass is 35.5. The highest BCUT2D eigenvalue weighted by molar-refractivity contribution is 6.34. The number of nitro benzene ring substituents is 1. The molecule has 0 aliphatic heterocycles. The summed E-state index contributed by atoms with van der Waals surface area (Å²) in [7, 11) is 0. The molecule has 0 aromatic heterocycles. The lowest BCUT2D eigenvalue weighted by atomic mass is 10.1. The van der Waals surface area contributed by atoms with E-state index in [1.54, 1.807) is 13.8 Å². The minimum absolute atomic E-state index is 0.00258. The van der Waals surface area contributed by atoms with Crippen molar-refractivity contribution in [3.8, 4) is 6.07 Å². The number of non-ortho nitro benzene ring substituents is 1. The molecular formula is C12H12ClN3O3. The Hall–Kier alpha value is -2.13. The normalized spacial score (nSPS) is 11.5. The van der Waals surface area contributed by atoms with Crippen molar-refractivity contribution in [3.05, 3.63) is 38.9 Å². The number of carbonyl (C=O) groups excluding carboxylic acids is 1. The second-order valence-corrected chi connectivity index (χ2v) is 4.22. The fraction of sp³-hybridized carbons (Fsp3) is 0.333. The van der Waals surface area contributed by atoms with E-state index in [9.17, 15) is 14.9 Å². The summed E-state index contributed by atoms with van der Waals surface area (Å²) in [5.41, 5.74) is -0.0332. The van der Waals surface area contributed by atoms with E-state index in [1.165, 1.54) is 17.0 Å². The molecule has 0 spiro atoms. The molecule has 0 aliphatic carbocycles. The zero-order valence-electron chi connectivity index (χ0n) is 10.5. The Balaban J connectivity index is 3.13. The third-order valence-corrected chi connectivity index (χ3v) is 2.96. The van der Waals surface area contributed by atoms with Gasteiger partial charge in [-0.05, 0) is 19.9 Å². The maximum Gasteiger partial charge on any atom is 0.270 e. The SMILES string of the molecule is CCN(C(=O)c1ccc([N+](=O)[O-])cc1Cl)C(C)C#N. The second-order valence-electron chi connectivity index (χ2n) is 3.82. The smallest absolute Gasteiger partial charge is 0.270 e. The molecule has 0 aliphatic rings. The molecule has 1 atom stereocenters. The molecule has 0 fully saturated rings. The maximum atomic E-state index is 12.2. The van der Waals surface area contributed by atoms with E-state index < -0.39 is 16.9 Å². The molecule has 1 aromatic carbocycles. The highest BCUT2D eigenvalue weighted by Gasteiger charge is 2.23. The minimum atomic E-state index is -0.594. The first kappa shape index (κ1) is 14.9. The van der Waals surface area contributed by atoms with Crippen LogP contribution in [0.15, 0.2) is 18.2 Å². The monoisotopic (exact) mass is 281 g/mol. The number of halogens is 1. The zero-order valence-corrected chi connectivity index (χ0v) is 11.2. The summed E-state index contributed by atoms with van der Waals surface area (Å²) >= 11 is 5.88. The lowest BCUT2D eigenvalue weighted by Crippen LogP contribution is -2.37. The third kappa shape index (κ3) is 3.20. The van der Waals surface area contributed by atoms with Crippen molar-refractivity contribution in [2.24, 2.45) is 0 Å². The van der Waals surface area contributed by atoms with Gasteiger partial charge in [0.25, 0.3) is 11.6 Å². The van der Waals surface area contributed by atoms with Gasteiger partial charge in [-0.3, -0.25) is 14.9 Å². The van der Waals surface area contributed by atoms with Crippen molar-refractivity contribution in [1.82, 2.24) is 4.90 Å². The first-order valence-electron chi connectivity index (χ1n) is 5.56. The summed E-state index contributed by atoms with van der Waals surface area (Å²) < 4.78 is 0. The first-order chi connectivity index (χ1) is 8.92. The van der Waals surface area contributed by atoms with Crippen LogP contribution < -0.4 is 0 Å². The number of rotatable bonds is 4. The van der Waals surface area contributed by atoms with Crippen LogP contribution in [0.1, 0.15) is 24.2 Å². The minimum Gasteiger partial charge on any atom is -0.323 e. The molecule has 0 heterocycles. The van der Waals surface area contributed by atoms with Gasteiger partial charge in [0, 0.05) is 18.7 Å². The number of hydrogen-bond acceptors (Lipinski definition) is 4. The van der Waals surface area contributed by atoms with Gasteiger partial charge < -0.3 is 4.90 Å². The van der Waals surface area contributed by atoms with Gasteiger partial charge in [-0.1, -0.05) is 11.6 Å². The Morgan fingerprint density at radius 1 is 1.63 bits per heavy atom. The van der Waals surface area contributed by atoms with Crippen LogP contribution in [-0.4, -0.2) is 28.3 Å². The van der Waals surface area contributed by atoms with Gasteiger partial charge in [0.15, 0.2) is 0 Å². The van der Waals surface area contributed by atoms with Crippen LogP contribution in [0, 0.1) is 21.4 Å². The average molecular weight is 282 g/mol. The van der Waals surface area contributed by atoms with Crippen molar-refractivity contribution in [1.29, 1.82) is 5.26 Å². The van der Waals surface area contributed by atoms with Gasteiger partial charge in [-0.25, -0.2) is 0 Å². The van der Waals surface area contributed by atoms with E-state index in [0.29, 0.717) is 6.54 Å². The van der Waals surface area contributed by atoms with Gasteiger partial charge in [0.2, 0.25) is 0 Å². The summed E-state index contributed by atoms with van der Waals surface area (Å²) in [6.45, 7) is 3.69. The van der Waals surface area contributed by atoms with E-state index in [4.69, 9.17) is 16.9 Å². The molecule has 1 amide bonds. The van der Waals surface area contributed by atoms with Gasteiger partial charge >= 0.3 is 0 Å². The van der Waals surface area contributed by atoms with Crippen LogP contribution >= 0.6 is 11.6 Å². The quantitative estimate of drug-likeness (QED) is 0.627. The van der Waals surface area contributed by atoms with Crippen LogP contribution in [0.2, 0.25) is 5.02 Å². The number of nitrogens with zero attached hydrogens (tertiary/aromatic N) is 3. The molecule has 0 radical (unpaired) electrons. The van der Waals surface area contributed by atoms with Crippen LogP contribution in [0.5, 0.6) is 0 Å². The highest BCUT2D eigenvalue weighted by Crippen LogP contribution is 2.24. The third-order valence-electron chi connectivity index (χ3n) is 2.65. The molecule has 0 bridgehead atoms. The van der Waals surface area contributed by atoms with E-state index in [0.717, 1.165) is 6.07 Å². The summed E-state index contributed by atoms with van der Waals surface area (Å²) in [5.74, 6) is -0.420. The Morgan fingerprint density at radius 3 is 2.68 bits per heavy atom. The van der Waals surface area contributed by atoms with Gasteiger partial charge in [-0.2, -0.15) is 5.26 Å². The predicted molar refractivity (Wildman–Crippen MR) is 69.9 cm³/mol. The summed E-state index contributed by atoms with van der Waals surface area (Å²) in [6, 6.07) is 5.01. The van der Waals surface area contributed by atoms with Crippen LogP contribution in [0.4, 0.5) is 5.69 Å². The Bertz CT molecular complexity index is 554. The van der Waals surface area contributed by atoms with E-state index in [-0.39, 0.29) is 16.3 Å². The van der Waals surface area contributed by atoms with Crippen molar-refractivity contribution < 1.29 is 9.72 Å². The van der Waals surface area contributed by atoms with Crippen LogP contribution in [0.3, 0.4) is 0 Å². The fourth-order valence-electron chi connectivity index (χ4n) is 1.61. The summed E-state index contributed by atoms with van der Waals surface area (Å²) in [5, 5.41) is 19.4. The molecule has 100 valence electrons. The van der Waals surface area contributed by atoms with Gasteiger partial charge in [0.05, 0.1) is 21.6 Å². The largest absolute Gasteiger partial charge is 0.323 e. The van der Waals surface area contributed by atoms with E-state index in [2.05, 4.69) is 0 Å². The van der Waals surface area contributed by atoms with E-state index >= 15 is 0 Å². The zero-order chi connectivity index (χ0) is 14.6. The molecule has 1 rings (SSSR count). The van der Waals surface area contributed by atoms with Crippen molar-refractivity contribution >= 4 is 23.2 Å². The molecule has 0 N–H and O–H groups in total. The van der Waals surface area contributed by atoms with Crippen molar-refractivity contribution in [2.45, 2.75) is 19.9 Å². The Kier molecular flexibility index (Phi) is 4.84. The number of carbonyl (C=O) groups is 1. The number of benzene rings is 1. The molecule has 1 unspecified atom stereocenters. The van der Waals surface area contributed by atoms with Crippen molar-refractivity contribution in [2.75, 3.05) is 6.54 Å². The van der Waals surface area contributed by atoms with Crippen molar-refractivity contribution in [3.63, 3.8) is 0 Å². The van der Waals surface area contributed by atoms with Gasteiger partial charge in [-0.15, -0.1) is 0 Å². The number of nitriles is 1. The summed E-state index contributed by atoms with van der Waals surface area (Å²) in [6.07, 6.45) is 0. The van der Waals surface area contributed by atoms with Gasteiger partial charge in [0.1, 0.15) is 6.04 Å². The Morgan fingerprint density at radius 2 is 2.26 bits per heavy atom. The molecule has 0 saturated heterocycles. The number of hydrogen-bond donors (Lipinski definition) is 0. The summed E-state index contributed by atoms with van der Waals surface area (Å²) in [4.78, 5) is 23.5. The molecule has 7 heteroatoms. The number of amides is 1.